The number of nitrogens with one attached hydrogen (secondary N) is 2. The van der Waals surface area contributed by atoms with Crippen LogP contribution in [0, 0.1) is 5.82 Å². The number of aromatic nitrogens is 3. The Labute approximate surface area is 209 Å². The molecule has 3 aliphatic heterocycles. The van der Waals surface area contributed by atoms with Gasteiger partial charge in [-0.05, 0) is 75.2 Å². The molecule has 2 aromatic heterocycles. The number of aromatic amines is 1. The summed E-state index contributed by atoms with van der Waals surface area (Å²) in [6.45, 7) is 3.52. The molecule has 0 radical (unpaired) electrons. The minimum atomic E-state index is -0.241. The lowest BCUT2D eigenvalue weighted by molar-refractivity contribution is 0.188. The van der Waals surface area contributed by atoms with Crippen LogP contribution in [0.15, 0.2) is 42.6 Å². The highest BCUT2D eigenvalue weighted by Crippen LogP contribution is 2.36. The highest BCUT2D eigenvalue weighted by Gasteiger charge is 2.34. The Morgan fingerprint density at radius 2 is 1.89 bits per heavy atom. The molecule has 2 aromatic carbocycles. The molecule has 3 saturated heterocycles. The maximum absolute atomic E-state index is 15.1. The van der Waals surface area contributed by atoms with E-state index in [0.29, 0.717) is 36.3 Å². The van der Waals surface area contributed by atoms with Crippen LogP contribution in [0.25, 0.3) is 32.9 Å². The third-order valence-corrected chi connectivity index (χ3v) is 8.22. The van der Waals surface area contributed by atoms with E-state index in [1.807, 2.05) is 30.5 Å². The van der Waals surface area contributed by atoms with Gasteiger partial charge in [0.25, 0.3) is 0 Å². The number of anilines is 1. The number of likely N-dealkylation sites (N-methyl/N-ethyl adjacent to an activating group) is 1. The van der Waals surface area contributed by atoms with Crippen molar-refractivity contribution in [3.63, 3.8) is 0 Å². The summed E-state index contributed by atoms with van der Waals surface area (Å²) in [5, 5.41) is 5.55. The zero-order valence-corrected chi connectivity index (χ0v) is 20.5. The minimum absolute atomic E-state index is 0.241. The molecule has 8 heteroatoms. The number of benzene rings is 2. The summed E-state index contributed by atoms with van der Waals surface area (Å²) in [7, 11) is 2.15. The Hall–Kier alpha value is -3.23. The predicted molar refractivity (Wildman–Crippen MR) is 140 cm³/mol. The zero-order chi connectivity index (χ0) is 24.2. The van der Waals surface area contributed by atoms with E-state index in [1.165, 1.54) is 25.3 Å². The molecule has 0 spiro atoms. The maximum Gasteiger partial charge on any atom is 0.319 e. The molecule has 7 rings (SSSR count). The molecule has 5 heterocycles. The van der Waals surface area contributed by atoms with E-state index in [9.17, 15) is 0 Å². The first-order valence-electron chi connectivity index (χ1n) is 13.0. The fourth-order valence-corrected chi connectivity index (χ4v) is 6.28. The normalized spacial score (nSPS) is 24.3. The lowest BCUT2D eigenvalue weighted by Gasteiger charge is -2.34. The predicted octanol–water partition coefficient (Wildman–Crippen LogP) is 4.33. The Bertz CT molecular complexity index is 1420. The van der Waals surface area contributed by atoms with Crippen molar-refractivity contribution in [2.45, 2.75) is 43.8 Å². The van der Waals surface area contributed by atoms with Crippen molar-refractivity contribution >= 4 is 27.6 Å². The summed E-state index contributed by atoms with van der Waals surface area (Å²) in [5.41, 5.74) is 3.09. The quantitative estimate of drug-likeness (QED) is 0.438. The maximum atomic E-state index is 15.1. The highest BCUT2D eigenvalue weighted by molar-refractivity contribution is 5.99. The molecule has 0 amide bonds. The van der Waals surface area contributed by atoms with Crippen LogP contribution in [0.3, 0.4) is 0 Å². The number of H-pyrrole nitrogens is 1. The molecule has 2 unspecified atom stereocenters. The van der Waals surface area contributed by atoms with E-state index in [4.69, 9.17) is 14.7 Å². The summed E-state index contributed by atoms with van der Waals surface area (Å²) in [6, 6.07) is 13.0. The van der Waals surface area contributed by atoms with Crippen molar-refractivity contribution in [1.29, 1.82) is 0 Å². The third-order valence-electron chi connectivity index (χ3n) is 8.22. The second kappa shape index (κ2) is 8.71. The summed E-state index contributed by atoms with van der Waals surface area (Å²) in [5.74, 6) is 0.676. The molecule has 186 valence electrons. The number of rotatable bonds is 5. The van der Waals surface area contributed by atoms with Gasteiger partial charge in [-0.3, -0.25) is 0 Å². The molecular formula is C28H31FN6O. The Kier molecular flexibility index (Phi) is 5.32. The fraction of sp³-hybridized carbons (Fsp3) is 0.429. The van der Waals surface area contributed by atoms with Crippen LogP contribution in [0.4, 0.5) is 10.2 Å². The number of fused-ring (bicyclic) bond motifs is 4. The minimum Gasteiger partial charge on any atom is -0.462 e. The summed E-state index contributed by atoms with van der Waals surface area (Å²) in [4.78, 5) is 17.7. The average Bonchev–Trinajstić information content (AvgIpc) is 3.61. The number of piperazine rings is 1. The number of hydrogen-bond donors (Lipinski definition) is 2. The van der Waals surface area contributed by atoms with Gasteiger partial charge in [0.1, 0.15) is 18.2 Å². The Morgan fingerprint density at radius 3 is 2.69 bits per heavy atom. The molecule has 0 saturated carbocycles. The number of nitrogens with zero attached hydrogens (tertiary/aromatic N) is 4. The van der Waals surface area contributed by atoms with Crippen molar-refractivity contribution in [2.24, 2.45) is 0 Å². The van der Waals surface area contributed by atoms with Gasteiger partial charge in [-0.1, -0.05) is 6.07 Å². The summed E-state index contributed by atoms with van der Waals surface area (Å²) < 4.78 is 21.3. The van der Waals surface area contributed by atoms with Crippen molar-refractivity contribution in [3.05, 3.63) is 48.4 Å². The van der Waals surface area contributed by atoms with Gasteiger partial charge < -0.3 is 24.8 Å². The summed E-state index contributed by atoms with van der Waals surface area (Å²) >= 11 is 0. The Balaban J connectivity index is 1.32. The van der Waals surface area contributed by atoms with E-state index >= 15 is 4.39 Å². The molecule has 0 aliphatic carbocycles. The van der Waals surface area contributed by atoms with Gasteiger partial charge in [0.05, 0.1) is 5.52 Å². The van der Waals surface area contributed by atoms with Gasteiger partial charge in [0.2, 0.25) is 0 Å². The molecular weight excluding hydrogens is 455 g/mol. The number of hydrogen-bond acceptors (Lipinski definition) is 6. The fourth-order valence-electron chi connectivity index (χ4n) is 6.28. The van der Waals surface area contributed by atoms with Crippen LogP contribution < -0.4 is 15.0 Å². The van der Waals surface area contributed by atoms with Gasteiger partial charge >= 0.3 is 6.01 Å². The van der Waals surface area contributed by atoms with Crippen LogP contribution in [0.5, 0.6) is 6.01 Å². The zero-order valence-electron chi connectivity index (χ0n) is 20.5. The lowest BCUT2D eigenvalue weighted by Crippen LogP contribution is -2.51. The SMILES string of the molecule is CN1CCC[C@H]1COc1nc(N2CC3CCC(C2)N3)c2ccc(-c3c(F)ccc4[nH]ccc34)cc2n1. The van der Waals surface area contributed by atoms with Gasteiger partial charge in [-0.2, -0.15) is 9.97 Å². The Morgan fingerprint density at radius 1 is 1.03 bits per heavy atom. The van der Waals surface area contributed by atoms with Crippen LogP contribution in [0.1, 0.15) is 25.7 Å². The number of ether oxygens (including phenoxy) is 1. The first kappa shape index (κ1) is 22.0. The summed E-state index contributed by atoms with van der Waals surface area (Å²) in [6.07, 6.45) is 6.57. The van der Waals surface area contributed by atoms with E-state index < -0.39 is 0 Å². The molecule has 3 aliphatic rings. The topological polar surface area (TPSA) is 69.3 Å². The van der Waals surface area contributed by atoms with Crippen molar-refractivity contribution < 1.29 is 9.13 Å². The third kappa shape index (κ3) is 3.79. The number of halogens is 1. The average molecular weight is 487 g/mol. The second-order valence-electron chi connectivity index (χ2n) is 10.6. The molecule has 2 bridgehead atoms. The van der Waals surface area contributed by atoms with Crippen LogP contribution in [-0.2, 0) is 0 Å². The molecule has 3 fully saturated rings. The van der Waals surface area contributed by atoms with Gasteiger partial charge in [0, 0.05) is 59.3 Å². The standard InChI is InChI=1S/C28H31FN6O/c1-34-12-2-3-20(34)16-36-28-32-25-13-17(26-21-10-11-30-24(21)9-8-23(26)29)4-7-22(25)27(33-28)35-14-18-5-6-19(15-35)31-18/h4,7-11,13,18-20,30-31H,2-3,5-6,12,14-16H2,1H3/t18?,19?,20-/m0/s1. The lowest BCUT2D eigenvalue weighted by atomic mass is 9.99. The monoisotopic (exact) mass is 486 g/mol. The van der Waals surface area contributed by atoms with Crippen molar-refractivity contribution in [1.82, 2.24) is 25.2 Å². The van der Waals surface area contributed by atoms with Crippen LogP contribution in [0.2, 0.25) is 0 Å². The van der Waals surface area contributed by atoms with Gasteiger partial charge in [-0.25, -0.2) is 4.39 Å². The second-order valence-corrected chi connectivity index (χ2v) is 10.6. The van der Waals surface area contributed by atoms with Gasteiger partial charge in [0.15, 0.2) is 0 Å². The van der Waals surface area contributed by atoms with Crippen LogP contribution >= 0.6 is 0 Å². The highest BCUT2D eigenvalue weighted by atomic mass is 19.1. The van der Waals surface area contributed by atoms with Gasteiger partial charge in [-0.15, -0.1) is 0 Å². The molecule has 4 aromatic rings. The molecule has 7 nitrogen and oxygen atoms in total. The molecule has 36 heavy (non-hydrogen) atoms. The number of likely N-dealkylation sites (tertiary alicyclic amines) is 1. The van der Waals surface area contributed by atoms with E-state index in [1.54, 1.807) is 6.07 Å². The molecule has 3 atom stereocenters. The largest absolute Gasteiger partial charge is 0.462 e. The van der Waals surface area contributed by atoms with Crippen molar-refractivity contribution in [2.75, 3.05) is 38.2 Å². The van der Waals surface area contributed by atoms with E-state index in [2.05, 4.69) is 27.1 Å². The van der Waals surface area contributed by atoms with Crippen molar-refractivity contribution in [3.8, 4) is 17.1 Å². The molecule has 2 N–H and O–H groups in total. The van der Waals surface area contributed by atoms with Crippen LogP contribution in [-0.4, -0.2) is 71.3 Å². The first-order valence-corrected chi connectivity index (χ1v) is 13.0. The van der Waals surface area contributed by atoms with E-state index in [-0.39, 0.29) is 5.82 Å². The smallest absolute Gasteiger partial charge is 0.319 e. The van der Waals surface area contributed by atoms with E-state index in [0.717, 1.165) is 59.2 Å². The first-order chi connectivity index (χ1) is 17.6.